The Morgan fingerprint density at radius 2 is 1.32 bits per heavy atom. The molecule has 1 nitrogen and oxygen atoms in total. The van der Waals surface area contributed by atoms with Crippen LogP contribution in [-0.4, -0.2) is 12.3 Å². The van der Waals surface area contributed by atoms with Gasteiger partial charge in [-0.15, -0.1) is 0 Å². The lowest BCUT2D eigenvalue weighted by molar-refractivity contribution is 0.804. The predicted molar refractivity (Wildman–Crippen MR) is 91.7 cm³/mol. The fourth-order valence-electron chi connectivity index (χ4n) is 3.20. The fraction of sp³-hybridized carbons (Fsp3) is 0.0952. The first-order chi connectivity index (χ1) is 10.9. The fourth-order valence-corrected chi connectivity index (χ4v) is 3.20. The van der Waals surface area contributed by atoms with Gasteiger partial charge in [0.15, 0.2) is 0 Å². The highest BCUT2D eigenvalue weighted by atomic mass is 14.8. The highest BCUT2D eigenvalue weighted by Gasteiger charge is 2.24. The third-order valence-corrected chi connectivity index (χ3v) is 4.27. The number of aliphatic imine (C=N–C) groups is 1. The molecule has 0 aliphatic carbocycles. The number of benzene rings is 3. The summed E-state index contributed by atoms with van der Waals surface area (Å²) in [4.78, 5) is 4.92. The maximum absolute atomic E-state index is 4.92. The first kappa shape index (κ1) is 13.0. The van der Waals surface area contributed by atoms with E-state index < -0.39 is 0 Å². The maximum Gasteiger partial charge on any atom is 0.0722 e. The lowest BCUT2D eigenvalue weighted by Gasteiger charge is -2.25. The number of rotatable bonds is 2. The second kappa shape index (κ2) is 5.61. The van der Waals surface area contributed by atoms with Crippen molar-refractivity contribution in [3.05, 3.63) is 107 Å². The van der Waals surface area contributed by atoms with E-state index in [1.54, 1.807) is 0 Å². The number of hydrogen-bond acceptors (Lipinski definition) is 1. The highest BCUT2D eigenvalue weighted by molar-refractivity contribution is 6.14. The van der Waals surface area contributed by atoms with E-state index in [-0.39, 0.29) is 0 Å². The molecule has 0 saturated heterocycles. The molecule has 1 aliphatic heterocycles. The summed E-state index contributed by atoms with van der Waals surface area (Å²) in [6.07, 6.45) is 0. The molecule has 22 heavy (non-hydrogen) atoms. The zero-order chi connectivity index (χ0) is 14.8. The van der Waals surface area contributed by atoms with Gasteiger partial charge in [0.1, 0.15) is 0 Å². The van der Waals surface area contributed by atoms with Gasteiger partial charge in [0, 0.05) is 17.0 Å². The molecule has 1 heterocycles. The summed E-state index contributed by atoms with van der Waals surface area (Å²) in [5.41, 5.74) is 6.28. The monoisotopic (exact) mass is 283 g/mol. The van der Waals surface area contributed by atoms with Gasteiger partial charge in [0.25, 0.3) is 0 Å². The Morgan fingerprint density at radius 1 is 0.682 bits per heavy atom. The first-order valence-electron chi connectivity index (χ1n) is 7.67. The van der Waals surface area contributed by atoms with Gasteiger partial charge in [0.05, 0.1) is 12.3 Å². The van der Waals surface area contributed by atoms with Gasteiger partial charge < -0.3 is 0 Å². The van der Waals surface area contributed by atoms with E-state index in [0.717, 1.165) is 12.3 Å². The van der Waals surface area contributed by atoms with Crippen LogP contribution in [0.5, 0.6) is 0 Å². The summed E-state index contributed by atoms with van der Waals surface area (Å²) in [5, 5.41) is 0. The molecule has 106 valence electrons. The molecule has 0 spiro atoms. The van der Waals surface area contributed by atoms with E-state index in [9.17, 15) is 0 Å². The Kier molecular flexibility index (Phi) is 3.32. The van der Waals surface area contributed by atoms with Crippen LogP contribution in [0.15, 0.2) is 89.9 Å². The summed E-state index contributed by atoms with van der Waals surface area (Å²) in [6.45, 7) is 0.811. The summed E-state index contributed by atoms with van der Waals surface area (Å²) in [5.74, 6) is 0.352. The Balaban J connectivity index is 1.83. The molecule has 0 fully saturated rings. The van der Waals surface area contributed by atoms with Crippen molar-refractivity contribution < 1.29 is 0 Å². The van der Waals surface area contributed by atoms with Crippen molar-refractivity contribution in [2.45, 2.75) is 5.92 Å². The maximum atomic E-state index is 4.92. The van der Waals surface area contributed by atoms with Gasteiger partial charge in [-0.05, 0) is 11.1 Å². The second-order valence-electron chi connectivity index (χ2n) is 5.61. The van der Waals surface area contributed by atoms with E-state index in [0.29, 0.717) is 5.92 Å². The molecule has 0 amide bonds. The zero-order valence-electron chi connectivity index (χ0n) is 12.3. The van der Waals surface area contributed by atoms with Gasteiger partial charge in [-0.3, -0.25) is 4.99 Å². The molecule has 0 saturated carbocycles. The van der Waals surface area contributed by atoms with E-state index in [4.69, 9.17) is 4.99 Å². The lowest BCUT2D eigenvalue weighted by Crippen LogP contribution is -2.19. The normalized spacial score (nSPS) is 16.7. The van der Waals surface area contributed by atoms with Gasteiger partial charge >= 0.3 is 0 Å². The van der Waals surface area contributed by atoms with E-state index in [2.05, 4.69) is 78.9 Å². The van der Waals surface area contributed by atoms with Crippen LogP contribution >= 0.6 is 0 Å². The van der Waals surface area contributed by atoms with Crippen molar-refractivity contribution in [1.29, 1.82) is 0 Å². The molecule has 3 aromatic rings. The zero-order valence-corrected chi connectivity index (χ0v) is 12.3. The SMILES string of the molecule is c1ccc(C2=NCC(c3ccccc3)c3ccccc32)cc1. The van der Waals surface area contributed by atoms with Gasteiger partial charge in [-0.1, -0.05) is 84.9 Å². The molecular weight excluding hydrogens is 266 g/mol. The highest BCUT2D eigenvalue weighted by Crippen LogP contribution is 2.32. The summed E-state index contributed by atoms with van der Waals surface area (Å²) < 4.78 is 0. The average molecular weight is 283 g/mol. The Hall–Kier alpha value is -2.67. The number of fused-ring (bicyclic) bond motifs is 1. The molecule has 0 aromatic heterocycles. The van der Waals surface area contributed by atoms with Crippen molar-refractivity contribution in [2.24, 2.45) is 4.99 Å². The first-order valence-corrected chi connectivity index (χ1v) is 7.67. The molecule has 1 unspecified atom stereocenters. The van der Waals surface area contributed by atoms with Crippen molar-refractivity contribution in [1.82, 2.24) is 0 Å². The van der Waals surface area contributed by atoms with Crippen molar-refractivity contribution >= 4 is 5.71 Å². The van der Waals surface area contributed by atoms with Crippen LogP contribution in [0, 0.1) is 0 Å². The topological polar surface area (TPSA) is 12.4 Å². The van der Waals surface area contributed by atoms with Gasteiger partial charge in [-0.25, -0.2) is 0 Å². The molecule has 0 N–H and O–H groups in total. The predicted octanol–water partition coefficient (Wildman–Crippen LogP) is 4.67. The Morgan fingerprint density at radius 3 is 2.09 bits per heavy atom. The lowest BCUT2D eigenvalue weighted by atomic mass is 9.83. The molecule has 0 bridgehead atoms. The quantitative estimate of drug-likeness (QED) is 0.648. The van der Waals surface area contributed by atoms with Crippen LogP contribution in [0.1, 0.15) is 28.2 Å². The average Bonchev–Trinajstić information content (AvgIpc) is 2.62. The minimum absolute atomic E-state index is 0.352. The third-order valence-electron chi connectivity index (χ3n) is 4.27. The van der Waals surface area contributed by atoms with E-state index in [1.807, 2.05) is 6.07 Å². The van der Waals surface area contributed by atoms with Crippen LogP contribution in [0.2, 0.25) is 0 Å². The molecule has 1 aliphatic rings. The number of hydrogen-bond donors (Lipinski definition) is 0. The van der Waals surface area contributed by atoms with Gasteiger partial charge in [0.2, 0.25) is 0 Å². The van der Waals surface area contributed by atoms with Crippen LogP contribution < -0.4 is 0 Å². The van der Waals surface area contributed by atoms with Crippen molar-refractivity contribution in [3.8, 4) is 0 Å². The smallest absolute Gasteiger partial charge is 0.0722 e. The van der Waals surface area contributed by atoms with Gasteiger partial charge in [-0.2, -0.15) is 0 Å². The Bertz CT molecular complexity index is 804. The minimum Gasteiger partial charge on any atom is -0.283 e. The molecule has 3 aromatic carbocycles. The third kappa shape index (κ3) is 2.25. The summed E-state index contributed by atoms with van der Waals surface area (Å²) in [6, 6.07) is 29.8. The summed E-state index contributed by atoms with van der Waals surface area (Å²) >= 11 is 0. The Labute approximate surface area is 131 Å². The molecular formula is C21H17N. The van der Waals surface area contributed by atoms with Crippen LogP contribution in [0.3, 0.4) is 0 Å². The standard InChI is InChI=1S/C21H17N/c1-3-9-16(10-4-1)20-15-22-21(17-11-5-2-6-12-17)19-14-8-7-13-18(19)20/h1-14,20H,15H2. The molecule has 0 radical (unpaired) electrons. The largest absolute Gasteiger partial charge is 0.283 e. The summed E-state index contributed by atoms with van der Waals surface area (Å²) in [7, 11) is 0. The second-order valence-corrected chi connectivity index (χ2v) is 5.61. The number of nitrogens with zero attached hydrogens (tertiary/aromatic N) is 1. The van der Waals surface area contributed by atoms with Crippen LogP contribution in [0.4, 0.5) is 0 Å². The molecule has 4 rings (SSSR count). The minimum atomic E-state index is 0.352. The molecule has 1 atom stereocenters. The van der Waals surface area contributed by atoms with Crippen LogP contribution in [0.25, 0.3) is 0 Å². The van der Waals surface area contributed by atoms with Crippen molar-refractivity contribution in [2.75, 3.05) is 6.54 Å². The van der Waals surface area contributed by atoms with E-state index in [1.165, 1.54) is 22.3 Å². The van der Waals surface area contributed by atoms with E-state index >= 15 is 0 Å². The molecule has 1 heteroatoms. The van der Waals surface area contributed by atoms with Crippen molar-refractivity contribution in [3.63, 3.8) is 0 Å². The van der Waals surface area contributed by atoms with Crippen LogP contribution in [-0.2, 0) is 0 Å².